The zero-order valence-corrected chi connectivity index (χ0v) is 17.7. The molecule has 1 aliphatic heterocycles. The molecule has 3 rings (SSSR count). The molecule has 2 amide bonds. The minimum absolute atomic E-state index is 0.0204. The van der Waals surface area contributed by atoms with Crippen LogP contribution in [0.1, 0.15) is 18.4 Å². The Labute approximate surface area is 183 Å². The molecule has 2 aromatic carbocycles. The number of amides is 2. The quantitative estimate of drug-likeness (QED) is 0.707. The second kappa shape index (κ2) is 9.61. The van der Waals surface area contributed by atoms with Crippen molar-refractivity contribution in [3.8, 4) is 6.07 Å². The van der Waals surface area contributed by atoms with Crippen LogP contribution < -0.4 is 11.1 Å². The van der Waals surface area contributed by atoms with Crippen molar-refractivity contribution in [3.05, 3.63) is 75.8 Å². The molecule has 0 radical (unpaired) electrons. The second-order valence-corrected chi connectivity index (χ2v) is 8.04. The highest BCUT2D eigenvalue weighted by molar-refractivity contribution is 8.03. The van der Waals surface area contributed by atoms with Gasteiger partial charge >= 0.3 is 0 Å². The van der Waals surface area contributed by atoms with Crippen molar-refractivity contribution in [2.75, 3.05) is 11.1 Å². The van der Waals surface area contributed by atoms with Gasteiger partial charge in [-0.2, -0.15) is 5.26 Å². The fraction of sp³-hybridized carbons (Fsp3) is 0.182. The lowest BCUT2D eigenvalue weighted by molar-refractivity contribution is -0.118. The fourth-order valence-corrected chi connectivity index (χ4v) is 4.41. The van der Waals surface area contributed by atoms with Crippen LogP contribution in [0.4, 0.5) is 5.69 Å². The monoisotopic (exact) mass is 438 g/mol. The summed E-state index contributed by atoms with van der Waals surface area (Å²) in [6, 6.07) is 18.4. The molecule has 2 atom stereocenters. The highest BCUT2D eigenvalue weighted by atomic mass is 35.5. The van der Waals surface area contributed by atoms with Crippen LogP contribution >= 0.6 is 23.4 Å². The van der Waals surface area contributed by atoms with E-state index < -0.39 is 17.7 Å². The molecule has 0 aromatic heterocycles. The first-order valence-corrected chi connectivity index (χ1v) is 10.5. The Hall–Kier alpha value is -3.08. The Bertz CT molecular complexity index is 1080. The van der Waals surface area contributed by atoms with Crippen molar-refractivity contribution < 1.29 is 9.59 Å². The predicted molar refractivity (Wildman–Crippen MR) is 120 cm³/mol. The van der Waals surface area contributed by atoms with Gasteiger partial charge in [0.2, 0.25) is 11.8 Å². The van der Waals surface area contributed by atoms with E-state index in [1.54, 1.807) is 43.3 Å². The van der Waals surface area contributed by atoms with Gasteiger partial charge in [0.15, 0.2) is 0 Å². The fourth-order valence-electron chi connectivity index (χ4n) is 3.34. The van der Waals surface area contributed by atoms with Gasteiger partial charge in [-0.1, -0.05) is 59.8 Å². The summed E-state index contributed by atoms with van der Waals surface area (Å²) in [5, 5.41) is 13.7. The van der Waals surface area contributed by atoms with E-state index in [9.17, 15) is 14.9 Å². The van der Waals surface area contributed by atoms with Crippen LogP contribution in [0, 0.1) is 17.2 Å². The smallest absolute Gasteiger partial charge is 0.234 e. The number of benzene rings is 2. The average molecular weight is 439 g/mol. The zero-order valence-electron chi connectivity index (χ0n) is 16.1. The van der Waals surface area contributed by atoms with E-state index >= 15 is 0 Å². The highest BCUT2D eigenvalue weighted by Crippen LogP contribution is 2.44. The Morgan fingerprint density at radius 2 is 1.87 bits per heavy atom. The predicted octanol–water partition coefficient (Wildman–Crippen LogP) is 4.11. The van der Waals surface area contributed by atoms with E-state index in [0.29, 0.717) is 27.0 Å². The summed E-state index contributed by atoms with van der Waals surface area (Å²) in [5.41, 5.74) is 7.37. The average Bonchev–Trinajstić information content (AvgIpc) is 2.72. The maximum Gasteiger partial charge on any atom is 0.234 e. The van der Waals surface area contributed by atoms with Crippen LogP contribution in [0.2, 0.25) is 5.02 Å². The second-order valence-electron chi connectivity index (χ2n) is 6.67. The normalized spacial score (nSPS) is 18.4. The van der Waals surface area contributed by atoms with E-state index in [-0.39, 0.29) is 17.2 Å². The molecular formula is C22H19ClN4O2S. The van der Waals surface area contributed by atoms with Gasteiger partial charge in [0.1, 0.15) is 5.03 Å². The molecule has 0 aliphatic carbocycles. The van der Waals surface area contributed by atoms with E-state index in [4.69, 9.17) is 17.3 Å². The van der Waals surface area contributed by atoms with Crippen molar-refractivity contribution in [2.24, 2.45) is 16.6 Å². The number of thioether (sulfide) groups is 1. The zero-order chi connectivity index (χ0) is 21.7. The van der Waals surface area contributed by atoms with Gasteiger partial charge in [-0.05, 0) is 30.7 Å². The molecule has 2 aromatic rings. The first-order chi connectivity index (χ1) is 14.4. The van der Waals surface area contributed by atoms with Gasteiger partial charge in [0, 0.05) is 22.3 Å². The van der Waals surface area contributed by atoms with E-state index in [2.05, 4.69) is 16.4 Å². The van der Waals surface area contributed by atoms with Crippen molar-refractivity contribution in [1.29, 1.82) is 5.26 Å². The molecule has 152 valence electrons. The maximum atomic E-state index is 13.3. The van der Waals surface area contributed by atoms with Crippen LogP contribution in [-0.4, -0.2) is 23.3 Å². The lowest BCUT2D eigenvalue weighted by atomic mass is 9.76. The third-order valence-electron chi connectivity index (χ3n) is 4.64. The Morgan fingerprint density at radius 1 is 1.20 bits per heavy atom. The van der Waals surface area contributed by atoms with Crippen LogP contribution in [0.25, 0.3) is 0 Å². The topological polar surface area (TPSA) is 108 Å². The molecular weight excluding hydrogens is 420 g/mol. The molecule has 0 bridgehead atoms. The Morgan fingerprint density at radius 3 is 2.50 bits per heavy atom. The van der Waals surface area contributed by atoms with Gasteiger partial charge < -0.3 is 11.1 Å². The molecule has 1 aliphatic rings. The number of hydrogen-bond acceptors (Lipinski definition) is 5. The van der Waals surface area contributed by atoms with E-state index in [1.807, 2.05) is 18.2 Å². The molecule has 0 spiro atoms. The number of carbonyl (C=O) groups is 2. The molecule has 1 unspecified atom stereocenters. The number of anilines is 1. The molecule has 3 N–H and O–H groups in total. The minimum atomic E-state index is -0.738. The number of nitriles is 1. The largest absolute Gasteiger partial charge is 0.369 e. The number of primary amides is 1. The molecule has 30 heavy (non-hydrogen) atoms. The van der Waals surface area contributed by atoms with Gasteiger partial charge in [-0.3, -0.25) is 9.59 Å². The van der Waals surface area contributed by atoms with Crippen molar-refractivity contribution in [1.82, 2.24) is 0 Å². The summed E-state index contributed by atoms with van der Waals surface area (Å²) in [7, 11) is 0. The number of nitrogens with one attached hydrogen (secondary N) is 1. The number of para-hydroxylation sites is 1. The van der Waals surface area contributed by atoms with E-state index in [0.717, 1.165) is 11.8 Å². The van der Waals surface area contributed by atoms with Gasteiger partial charge in [-0.15, -0.1) is 0 Å². The molecule has 0 fully saturated rings. The van der Waals surface area contributed by atoms with Crippen molar-refractivity contribution in [2.45, 2.75) is 12.8 Å². The summed E-state index contributed by atoms with van der Waals surface area (Å²) in [6.07, 6.45) is 0. The summed E-state index contributed by atoms with van der Waals surface area (Å²) < 4.78 is 0. The molecule has 0 saturated heterocycles. The van der Waals surface area contributed by atoms with Crippen LogP contribution in [0.15, 0.2) is 70.2 Å². The van der Waals surface area contributed by atoms with Crippen molar-refractivity contribution >= 4 is 46.6 Å². The number of hydrogen-bond donors (Lipinski definition) is 2. The number of carbonyl (C=O) groups excluding carboxylic acids is 2. The van der Waals surface area contributed by atoms with Gasteiger partial charge in [-0.25, -0.2) is 4.99 Å². The number of rotatable bonds is 6. The molecule has 0 saturated carbocycles. The Balaban J connectivity index is 2.08. The molecule has 1 heterocycles. The summed E-state index contributed by atoms with van der Waals surface area (Å²) >= 11 is 7.53. The van der Waals surface area contributed by atoms with Crippen LogP contribution in [0.5, 0.6) is 0 Å². The van der Waals surface area contributed by atoms with Crippen LogP contribution in [-0.2, 0) is 9.59 Å². The lowest BCUT2D eigenvalue weighted by Crippen LogP contribution is -2.36. The Kier molecular flexibility index (Phi) is 6.93. The number of nitrogens with zero attached hydrogens (tertiary/aromatic N) is 2. The van der Waals surface area contributed by atoms with Crippen molar-refractivity contribution in [3.63, 3.8) is 0 Å². The number of allylic oxidation sites excluding steroid dienone is 1. The number of halogens is 1. The number of aliphatic imine (C=N–C) groups is 1. The first-order valence-electron chi connectivity index (χ1n) is 9.13. The molecule has 6 nitrogen and oxygen atoms in total. The van der Waals surface area contributed by atoms with E-state index in [1.165, 1.54) is 0 Å². The summed E-state index contributed by atoms with van der Waals surface area (Å²) in [5.74, 6) is -2.21. The first kappa shape index (κ1) is 21.6. The minimum Gasteiger partial charge on any atom is -0.369 e. The van der Waals surface area contributed by atoms with Gasteiger partial charge in [0.25, 0.3) is 0 Å². The third kappa shape index (κ3) is 4.73. The summed E-state index contributed by atoms with van der Waals surface area (Å²) in [4.78, 5) is 29.0. The third-order valence-corrected chi connectivity index (χ3v) is 6.00. The molecule has 8 heteroatoms. The maximum absolute atomic E-state index is 13.3. The number of nitrogens with two attached hydrogens (primary N) is 1. The lowest BCUT2D eigenvalue weighted by Gasteiger charge is -2.31. The SMILES string of the molecule is CC1=NC(SCC(N)=O)=C(C#N)[C@@H](c2ccccc2Cl)C1C(=O)Nc1ccccc1. The van der Waals surface area contributed by atoms with Gasteiger partial charge in [0.05, 0.1) is 23.3 Å². The van der Waals surface area contributed by atoms with Crippen LogP contribution in [0.3, 0.4) is 0 Å². The summed E-state index contributed by atoms with van der Waals surface area (Å²) in [6.45, 7) is 1.73. The standard InChI is InChI=1S/C22H19ClN4O2S/c1-13-19(21(29)27-14-7-3-2-4-8-14)20(15-9-5-6-10-17(15)23)16(11-24)22(26-13)30-12-18(25)28/h2-10,19-20H,12H2,1H3,(H2,25,28)(H,27,29)/t19?,20-/m1/s1. The highest BCUT2D eigenvalue weighted by Gasteiger charge is 2.40.